The molecule has 2 aliphatic rings. The molecule has 1 saturated heterocycles. The van der Waals surface area contributed by atoms with Gasteiger partial charge < -0.3 is 25.4 Å². The fraction of sp³-hybridized carbons (Fsp3) is 0.444. The molecule has 10 nitrogen and oxygen atoms in total. The Morgan fingerprint density at radius 3 is 2.67 bits per heavy atom. The van der Waals surface area contributed by atoms with E-state index >= 15 is 0 Å². The van der Waals surface area contributed by atoms with Crippen molar-refractivity contribution < 1.29 is 19.4 Å². The van der Waals surface area contributed by atoms with Crippen molar-refractivity contribution in [3.05, 3.63) is 50.3 Å². The molecule has 2 amide bonds. The molecule has 1 aromatic heterocycles. The lowest BCUT2D eigenvalue weighted by Gasteiger charge is -2.26. The van der Waals surface area contributed by atoms with E-state index in [0.717, 1.165) is 22.6 Å². The highest BCUT2D eigenvalue weighted by molar-refractivity contribution is 7.13. The van der Waals surface area contributed by atoms with Gasteiger partial charge in [-0.15, -0.1) is 11.3 Å². The number of halogens is 1. The zero-order chi connectivity index (χ0) is 28.5. The highest BCUT2D eigenvalue weighted by Crippen LogP contribution is 2.37. The normalized spacial score (nSPS) is 19.0. The lowest BCUT2D eigenvalue weighted by molar-refractivity contribution is -0.125. The molecule has 0 aromatic carbocycles. The molecule has 3 N–H and O–H groups in total. The second-order valence-corrected chi connectivity index (χ2v) is 10.8. The number of carbonyl (C=O) groups excluding carboxylic acids is 2. The van der Waals surface area contributed by atoms with Crippen molar-refractivity contribution in [2.24, 2.45) is 15.0 Å². The highest BCUT2D eigenvalue weighted by atomic mass is 35.5. The summed E-state index contributed by atoms with van der Waals surface area (Å²) in [5.74, 6) is -0.267. The topological polar surface area (TPSA) is 128 Å². The third-order valence-electron chi connectivity index (χ3n) is 6.55. The number of aliphatic imine (C=N–C) groups is 3. The molecule has 2 aliphatic heterocycles. The highest BCUT2D eigenvalue weighted by Gasteiger charge is 2.36. The number of ether oxygens (including phenoxy) is 1. The van der Waals surface area contributed by atoms with Crippen molar-refractivity contribution in [3.8, 4) is 0 Å². The Bertz CT molecular complexity index is 1210. The number of hydrogen-bond donors (Lipinski definition) is 3. The molecule has 2 atom stereocenters. The summed E-state index contributed by atoms with van der Waals surface area (Å²) >= 11 is 7.82. The molecule has 0 unspecified atom stereocenters. The number of aliphatic hydroxyl groups excluding tert-OH is 1. The number of guanidine groups is 1. The number of nitrogens with zero attached hydrogens (tertiary/aromatic N) is 4. The molecule has 0 bridgehead atoms. The fourth-order valence-corrected chi connectivity index (χ4v) is 5.70. The van der Waals surface area contributed by atoms with Crippen molar-refractivity contribution in [2.75, 3.05) is 19.8 Å². The van der Waals surface area contributed by atoms with E-state index in [2.05, 4.69) is 39.0 Å². The van der Waals surface area contributed by atoms with Crippen LogP contribution in [0.25, 0.3) is 5.70 Å². The van der Waals surface area contributed by atoms with Crippen LogP contribution in [0.1, 0.15) is 53.7 Å². The standard InChI is InChI=1S/C27H35ClN6O4S/c1-6-18(7-10-29-4)21(15-35)32-25(36)17(3)34-14-23-20(26(34)37)13-22(39-23)24(16(2)28)33-27(30-5)31-19-8-11-38-12-9-19/h6-7,10,13,17,19,21,35H,4-5,8-9,11-12,14-15H2,1-3H3,(H,31,33)(H,32,36)/b10-7-,18-6+,24-16+/t17-,21-/m1/s1. The zero-order valence-corrected chi connectivity index (χ0v) is 24.0. The first-order valence-corrected chi connectivity index (χ1v) is 13.8. The van der Waals surface area contributed by atoms with Crippen LogP contribution in [0.3, 0.4) is 0 Å². The van der Waals surface area contributed by atoms with E-state index in [9.17, 15) is 14.7 Å². The minimum Gasteiger partial charge on any atom is -0.394 e. The van der Waals surface area contributed by atoms with Crippen molar-refractivity contribution in [1.29, 1.82) is 0 Å². The van der Waals surface area contributed by atoms with Crippen LogP contribution < -0.4 is 10.6 Å². The van der Waals surface area contributed by atoms with Crippen molar-refractivity contribution in [3.63, 3.8) is 0 Å². The summed E-state index contributed by atoms with van der Waals surface area (Å²) < 4.78 is 5.41. The van der Waals surface area contributed by atoms with Crippen molar-refractivity contribution in [2.45, 2.75) is 58.3 Å². The Balaban J connectivity index is 1.74. The summed E-state index contributed by atoms with van der Waals surface area (Å²) in [6.07, 6.45) is 6.60. The van der Waals surface area contributed by atoms with E-state index in [0.29, 0.717) is 41.0 Å². The lowest BCUT2D eigenvalue weighted by Crippen LogP contribution is -2.49. The van der Waals surface area contributed by atoms with Gasteiger partial charge in [0.2, 0.25) is 11.9 Å². The number of hydrogen-bond acceptors (Lipinski definition) is 7. The second kappa shape index (κ2) is 14.3. The number of rotatable bonds is 10. The van der Waals surface area contributed by atoms with E-state index in [-0.39, 0.29) is 31.0 Å². The summed E-state index contributed by atoms with van der Waals surface area (Å²) in [6.45, 7) is 13.5. The first kappa shape index (κ1) is 30.4. The summed E-state index contributed by atoms with van der Waals surface area (Å²) in [7, 11) is 0. The van der Waals surface area contributed by atoms with Gasteiger partial charge >= 0.3 is 0 Å². The molecule has 0 aliphatic carbocycles. The van der Waals surface area contributed by atoms with Gasteiger partial charge in [0, 0.05) is 35.4 Å². The fourth-order valence-electron chi connectivity index (χ4n) is 4.30. The minimum absolute atomic E-state index is 0.181. The van der Waals surface area contributed by atoms with E-state index < -0.39 is 12.1 Å². The SMILES string of the molecule is C=N/C=C\C(=C/C)[C@@H](CO)NC(=O)[C@@H](C)N1Cc2sc(C(/N=C(\N=C)NC3CCOCC3)=C(/C)Cl)cc2C1=O. The van der Waals surface area contributed by atoms with Crippen LogP contribution >= 0.6 is 22.9 Å². The van der Waals surface area contributed by atoms with Crippen LogP contribution in [0.2, 0.25) is 0 Å². The average Bonchev–Trinajstić information content (AvgIpc) is 3.49. The molecular formula is C27H35ClN6O4S. The number of nitrogens with one attached hydrogen (secondary N) is 2. The second-order valence-electron chi connectivity index (χ2n) is 9.09. The Kier molecular flexibility index (Phi) is 11.2. The average molecular weight is 575 g/mol. The van der Waals surface area contributed by atoms with Gasteiger partial charge in [0.15, 0.2) is 0 Å². The lowest BCUT2D eigenvalue weighted by atomic mass is 10.1. The third kappa shape index (κ3) is 7.51. The smallest absolute Gasteiger partial charge is 0.256 e. The van der Waals surface area contributed by atoms with Gasteiger partial charge in [0.25, 0.3) is 5.91 Å². The summed E-state index contributed by atoms with van der Waals surface area (Å²) in [5, 5.41) is 16.4. The predicted molar refractivity (Wildman–Crippen MR) is 158 cm³/mol. The Labute approximate surface area is 237 Å². The quantitative estimate of drug-likeness (QED) is 0.224. The molecule has 12 heteroatoms. The maximum absolute atomic E-state index is 13.3. The molecule has 0 radical (unpaired) electrons. The van der Waals surface area contributed by atoms with Gasteiger partial charge in [-0.2, -0.15) is 0 Å². The predicted octanol–water partition coefficient (Wildman–Crippen LogP) is 3.48. The van der Waals surface area contributed by atoms with Gasteiger partial charge in [-0.3, -0.25) is 14.6 Å². The number of fused-ring (bicyclic) bond motifs is 1. The molecule has 1 fully saturated rings. The molecule has 3 heterocycles. The minimum atomic E-state index is -0.753. The molecule has 210 valence electrons. The Morgan fingerprint density at radius 2 is 2.10 bits per heavy atom. The van der Waals surface area contributed by atoms with E-state index in [4.69, 9.17) is 16.3 Å². The van der Waals surface area contributed by atoms with Crippen LogP contribution in [0.15, 0.2) is 50.0 Å². The monoisotopic (exact) mass is 574 g/mol. The largest absolute Gasteiger partial charge is 0.394 e. The van der Waals surface area contributed by atoms with Crippen LogP contribution in [0.4, 0.5) is 0 Å². The summed E-state index contributed by atoms with van der Waals surface area (Å²) in [6, 6.07) is 0.548. The van der Waals surface area contributed by atoms with E-state index in [1.165, 1.54) is 22.4 Å². The van der Waals surface area contributed by atoms with Gasteiger partial charge in [-0.05, 0) is 64.8 Å². The number of allylic oxidation sites excluding steroid dienone is 2. The first-order valence-electron chi connectivity index (χ1n) is 12.6. The van der Waals surface area contributed by atoms with Gasteiger partial charge in [-0.1, -0.05) is 17.7 Å². The maximum atomic E-state index is 13.3. The van der Waals surface area contributed by atoms with Crippen molar-refractivity contribution >= 4 is 59.8 Å². The molecule has 1 aromatic rings. The maximum Gasteiger partial charge on any atom is 0.256 e. The van der Waals surface area contributed by atoms with Crippen LogP contribution in [0.5, 0.6) is 0 Å². The molecule has 3 rings (SSSR count). The van der Waals surface area contributed by atoms with E-state index in [1.54, 1.807) is 39.0 Å². The summed E-state index contributed by atoms with van der Waals surface area (Å²) in [4.78, 5) is 41.7. The van der Waals surface area contributed by atoms with Gasteiger partial charge in [0.1, 0.15) is 6.04 Å². The summed E-state index contributed by atoms with van der Waals surface area (Å²) in [5.41, 5.74) is 1.70. The van der Waals surface area contributed by atoms with Gasteiger partial charge in [-0.25, -0.2) is 9.98 Å². The van der Waals surface area contributed by atoms with Crippen LogP contribution in [-0.4, -0.2) is 79.2 Å². The number of amides is 2. The Hall–Kier alpha value is -3.12. The first-order chi connectivity index (χ1) is 18.7. The van der Waals surface area contributed by atoms with E-state index in [1.807, 2.05) is 0 Å². The van der Waals surface area contributed by atoms with Crippen LogP contribution in [-0.2, 0) is 16.1 Å². The third-order valence-corrected chi connectivity index (χ3v) is 7.86. The molecular weight excluding hydrogens is 540 g/mol. The number of thiophene rings is 1. The molecule has 39 heavy (non-hydrogen) atoms. The Morgan fingerprint density at radius 1 is 1.38 bits per heavy atom. The molecule has 0 saturated carbocycles. The number of carbonyl (C=O) groups is 2. The molecule has 0 spiro atoms. The van der Waals surface area contributed by atoms with Gasteiger partial charge in [0.05, 0.1) is 35.3 Å². The zero-order valence-electron chi connectivity index (χ0n) is 22.4. The van der Waals surface area contributed by atoms with Crippen molar-refractivity contribution in [1.82, 2.24) is 15.5 Å². The van der Waals surface area contributed by atoms with Crippen LogP contribution in [0, 0.1) is 0 Å². The number of aliphatic hydroxyl groups is 1.